The first kappa shape index (κ1) is 20.8. The Morgan fingerprint density at radius 1 is 0.968 bits per heavy atom. The molecule has 0 aliphatic heterocycles. The lowest BCUT2D eigenvalue weighted by molar-refractivity contribution is 0.0996. The predicted octanol–water partition coefficient (Wildman–Crippen LogP) is 1.30. The van der Waals surface area contributed by atoms with E-state index in [9.17, 15) is 21.6 Å². The zero-order valence-corrected chi connectivity index (χ0v) is 17.7. The zero-order valence-electron chi connectivity index (χ0n) is 16.1. The summed E-state index contributed by atoms with van der Waals surface area (Å²) in [7, 11) is -7.38. The van der Waals surface area contributed by atoms with Crippen LogP contribution in [0.15, 0.2) is 59.5 Å². The van der Waals surface area contributed by atoms with Crippen molar-refractivity contribution < 1.29 is 21.6 Å². The smallest absolute Gasteiger partial charge is 0.269 e. The normalized spacial score (nSPS) is 12.3. The van der Waals surface area contributed by atoms with Crippen LogP contribution in [0.1, 0.15) is 10.5 Å². The molecule has 0 aliphatic rings. The van der Waals surface area contributed by atoms with Crippen LogP contribution in [0.2, 0.25) is 0 Å². The van der Waals surface area contributed by atoms with E-state index in [2.05, 4.69) is 9.82 Å². The molecule has 0 radical (unpaired) electrons. The maximum absolute atomic E-state index is 12.0. The molecule has 0 saturated heterocycles. The Balaban J connectivity index is 2.04. The zero-order chi connectivity index (χ0) is 22.6. The number of carbonyl (C=O) groups excluding carboxylic acids is 1. The standard InChI is InChI=1S/C19H17N5O5S2/c1-30(26,27)23-12-4-2-11-3-9-15-17(19(20)25)22-24(18(15)16(11)10-12)13-5-7-14(8-6-13)31(21,28)29/h2-10,23H,1H3,(H2,20,25)(H2,21,28,29). The molecule has 5 N–H and O–H groups in total. The Kier molecular flexibility index (Phi) is 4.72. The van der Waals surface area contributed by atoms with Gasteiger partial charge < -0.3 is 5.73 Å². The number of rotatable bonds is 5. The van der Waals surface area contributed by atoms with Crippen LogP contribution < -0.4 is 15.6 Å². The van der Waals surface area contributed by atoms with Gasteiger partial charge in [-0.25, -0.2) is 26.7 Å². The summed E-state index contributed by atoms with van der Waals surface area (Å²) >= 11 is 0. The van der Waals surface area contributed by atoms with Gasteiger partial charge in [0.2, 0.25) is 20.0 Å². The lowest BCUT2D eigenvalue weighted by Gasteiger charge is -2.09. The highest BCUT2D eigenvalue weighted by molar-refractivity contribution is 7.92. The molecule has 0 aliphatic carbocycles. The number of primary sulfonamides is 1. The molecule has 1 aromatic heterocycles. The molecule has 0 saturated carbocycles. The molecule has 0 unspecified atom stereocenters. The minimum Gasteiger partial charge on any atom is -0.364 e. The Hall–Kier alpha value is -3.48. The number of sulfonamides is 2. The molecule has 4 aromatic rings. The number of nitrogens with zero attached hydrogens (tertiary/aromatic N) is 2. The Bertz CT molecular complexity index is 1570. The number of anilines is 1. The van der Waals surface area contributed by atoms with E-state index in [0.717, 1.165) is 11.6 Å². The minimum absolute atomic E-state index is 0.0221. The van der Waals surface area contributed by atoms with E-state index in [1.165, 1.54) is 28.9 Å². The van der Waals surface area contributed by atoms with E-state index in [0.29, 0.717) is 27.7 Å². The van der Waals surface area contributed by atoms with Crippen molar-refractivity contribution >= 4 is 53.3 Å². The van der Waals surface area contributed by atoms with Crippen LogP contribution in [0.3, 0.4) is 0 Å². The monoisotopic (exact) mass is 459 g/mol. The molecule has 12 heteroatoms. The van der Waals surface area contributed by atoms with Crippen molar-refractivity contribution in [3.63, 3.8) is 0 Å². The molecular weight excluding hydrogens is 442 g/mol. The summed E-state index contributed by atoms with van der Waals surface area (Å²) in [6, 6.07) is 14.1. The maximum atomic E-state index is 12.0. The number of amides is 1. The summed E-state index contributed by atoms with van der Waals surface area (Å²) < 4.78 is 50.3. The molecule has 0 bridgehead atoms. The first-order valence-electron chi connectivity index (χ1n) is 8.80. The van der Waals surface area contributed by atoms with Gasteiger partial charge in [0.25, 0.3) is 5.91 Å². The third-order valence-electron chi connectivity index (χ3n) is 4.61. The summed E-state index contributed by atoms with van der Waals surface area (Å²) in [4.78, 5) is 11.9. The average Bonchev–Trinajstić information content (AvgIpc) is 3.06. The number of aromatic nitrogens is 2. The van der Waals surface area contributed by atoms with Gasteiger partial charge in [-0.05, 0) is 47.9 Å². The van der Waals surface area contributed by atoms with E-state index < -0.39 is 26.0 Å². The summed E-state index contributed by atoms with van der Waals surface area (Å²) in [5.74, 6) is -0.741. The largest absolute Gasteiger partial charge is 0.364 e. The van der Waals surface area contributed by atoms with Gasteiger partial charge in [0.1, 0.15) is 0 Å². The average molecular weight is 460 g/mol. The number of carbonyl (C=O) groups is 1. The number of primary amides is 1. The van der Waals surface area contributed by atoms with Crippen molar-refractivity contribution in [3.8, 4) is 5.69 Å². The SMILES string of the molecule is CS(=O)(=O)Nc1ccc2ccc3c(C(N)=O)nn(-c4ccc(S(N)(=O)=O)cc4)c3c2c1. The number of hydrogen-bond donors (Lipinski definition) is 3. The summed E-state index contributed by atoms with van der Waals surface area (Å²) in [6.45, 7) is 0. The first-order chi connectivity index (χ1) is 14.4. The van der Waals surface area contributed by atoms with Crippen molar-refractivity contribution in [2.45, 2.75) is 4.90 Å². The van der Waals surface area contributed by atoms with Gasteiger partial charge in [0.05, 0.1) is 22.4 Å². The highest BCUT2D eigenvalue weighted by atomic mass is 32.2. The third kappa shape index (κ3) is 3.95. The maximum Gasteiger partial charge on any atom is 0.269 e. The van der Waals surface area contributed by atoms with Crippen LogP contribution in [-0.2, 0) is 20.0 Å². The quantitative estimate of drug-likeness (QED) is 0.406. The molecule has 0 atom stereocenters. The molecule has 1 heterocycles. The lowest BCUT2D eigenvalue weighted by Crippen LogP contribution is -2.13. The molecule has 31 heavy (non-hydrogen) atoms. The van der Waals surface area contributed by atoms with Gasteiger partial charge >= 0.3 is 0 Å². The highest BCUT2D eigenvalue weighted by Crippen LogP contribution is 2.32. The molecule has 10 nitrogen and oxygen atoms in total. The molecule has 1 amide bonds. The fourth-order valence-electron chi connectivity index (χ4n) is 3.35. The van der Waals surface area contributed by atoms with Crippen molar-refractivity contribution in [2.75, 3.05) is 11.0 Å². The Morgan fingerprint density at radius 2 is 1.61 bits per heavy atom. The Morgan fingerprint density at radius 3 is 2.19 bits per heavy atom. The second-order valence-electron chi connectivity index (χ2n) is 6.94. The molecule has 4 rings (SSSR count). The van der Waals surface area contributed by atoms with Crippen LogP contribution in [0.4, 0.5) is 5.69 Å². The molecule has 0 spiro atoms. The number of nitrogens with one attached hydrogen (secondary N) is 1. The number of fused-ring (bicyclic) bond motifs is 3. The van der Waals surface area contributed by atoms with Crippen LogP contribution in [0.25, 0.3) is 27.4 Å². The first-order valence-corrected chi connectivity index (χ1v) is 12.2. The van der Waals surface area contributed by atoms with E-state index in [1.807, 2.05) is 0 Å². The van der Waals surface area contributed by atoms with Crippen LogP contribution in [-0.4, -0.2) is 38.8 Å². The van der Waals surface area contributed by atoms with Gasteiger partial charge in [-0.3, -0.25) is 9.52 Å². The molecule has 160 valence electrons. The van der Waals surface area contributed by atoms with E-state index in [1.54, 1.807) is 30.3 Å². The van der Waals surface area contributed by atoms with Crippen molar-refractivity contribution in [2.24, 2.45) is 10.9 Å². The van der Waals surface area contributed by atoms with Gasteiger partial charge in [0, 0.05) is 16.5 Å². The second kappa shape index (κ2) is 7.04. The van der Waals surface area contributed by atoms with E-state index in [4.69, 9.17) is 10.9 Å². The summed E-state index contributed by atoms with van der Waals surface area (Å²) in [5.41, 5.74) is 6.83. The molecular formula is C19H17N5O5S2. The van der Waals surface area contributed by atoms with Crippen molar-refractivity contribution in [1.29, 1.82) is 0 Å². The van der Waals surface area contributed by atoms with Crippen molar-refractivity contribution in [3.05, 3.63) is 60.3 Å². The number of nitrogens with two attached hydrogens (primary N) is 2. The summed E-state index contributed by atoms with van der Waals surface area (Å²) in [6.07, 6.45) is 1.04. The Labute approximate surface area is 177 Å². The predicted molar refractivity (Wildman–Crippen MR) is 117 cm³/mol. The second-order valence-corrected chi connectivity index (χ2v) is 10.2. The van der Waals surface area contributed by atoms with E-state index in [-0.39, 0.29) is 10.6 Å². The fourth-order valence-corrected chi connectivity index (χ4v) is 4.42. The van der Waals surface area contributed by atoms with Crippen molar-refractivity contribution in [1.82, 2.24) is 9.78 Å². The number of hydrogen-bond acceptors (Lipinski definition) is 6. The number of benzene rings is 3. The van der Waals surface area contributed by atoms with E-state index >= 15 is 0 Å². The fraction of sp³-hybridized carbons (Fsp3) is 0.0526. The lowest BCUT2D eigenvalue weighted by atomic mass is 10.0. The van der Waals surface area contributed by atoms with Gasteiger partial charge in [-0.15, -0.1) is 0 Å². The van der Waals surface area contributed by atoms with Gasteiger partial charge in [-0.1, -0.05) is 12.1 Å². The van der Waals surface area contributed by atoms with Gasteiger partial charge in [-0.2, -0.15) is 5.10 Å². The minimum atomic E-state index is -3.88. The highest BCUT2D eigenvalue weighted by Gasteiger charge is 2.19. The molecule has 3 aromatic carbocycles. The van der Waals surface area contributed by atoms with Gasteiger partial charge in [0.15, 0.2) is 5.69 Å². The summed E-state index contributed by atoms with van der Waals surface area (Å²) in [5, 5.41) is 11.3. The van der Waals surface area contributed by atoms with Crippen LogP contribution >= 0.6 is 0 Å². The van der Waals surface area contributed by atoms with Crippen LogP contribution in [0.5, 0.6) is 0 Å². The molecule has 0 fully saturated rings. The topological polar surface area (TPSA) is 167 Å². The third-order valence-corrected chi connectivity index (χ3v) is 6.14. The van der Waals surface area contributed by atoms with Crippen LogP contribution in [0, 0.1) is 0 Å².